The van der Waals surface area contributed by atoms with Gasteiger partial charge in [-0.15, -0.1) is 0 Å². The van der Waals surface area contributed by atoms with Gasteiger partial charge in [-0.2, -0.15) is 0 Å². The van der Waals surface area contributed by atoms with Gasteiger partial charge in [0.05, 0.1) is 25.2 Å². The second kappa shape index (κ2) is 6.62. The molecule has 2 atom stereocenters. The molecule has 2 aromatic rings. The van der Waals surface area contributed by atoms with Crippen LogP contribution in [0.15, 0.2) is 24.4 Å². The summed E-state index contributed by atoms with van der Waals surface area (Å²) < 4.78 is 5.70. The SMILES string of the molecule is CCOc1cccc2[nH]cc(CC(=O)N3CCCC(O)C3C)c12. The number of carbonyl (C=O) groups excluding carboxylic acids is 1. The first-order valence-electron chi connectivity index (χ1n) is 8.31. The first-order chi connectivity index (χ1) is 11.1. The fourth-order valence-electron chi connectivity index (χ4n) is 3.37. The van der Waals surface area contributed by atoms with Crippen LogP contribution in [0.25, 0.3) is 10.9 Å². The van der Waals surface area contributed by atoms with Crippen molar-refractivity contribution in [1.29, 1.82) is 0 Å². The molecule has 0 spiro atoms. The van der Waals surface area contributed by atoms with Gasteiger partial charge in [0, 0.05) is 23.6 Å². The van der Waals surface area contributed by atoms with Crippen LogP contribution in [-0.2, 0) is 11.2 Å². The lowest BCUT2D eigenvalue weighted by molar-refractivity contribution is -0.137. The monoisotopic (exact) mass is 316 g/mol. The minimum atomic E-state index is -0.422. The van der Waals surface area contributed by atoms with E-state index in [1.807, 2.05) is 38.2 Å². The van der Waals surface area contributed by atoms with Crippen molar-refractivity contribution in [3.8, 4) is 5.75 Å². The number of aliphatic hydroxyl groups is 1. The predicted molar refractivity (Wildman–Crippen MR) is 89.6 cm³/mol. The Morgan fingerprint density at radius 1 is 1.48 bits per heavy atom. The molecule has 5 heteroatoms. The summed E-state index contributed by atoms with van der Waals surface area (Å²) in [6, 6.07) is 5.74. The highest BCUT2D eigenvalue weighted by molar-refractivity contribution is 5.93. The van der Waals surface area contributed by atoms with Crippen molar-refractivity contribution >= 4 is 16.8 Å². The molecule has 0 aliphatic carbocycles. The Hall–Kier alpha value is -2.01. The number of aromatic nitrogens is 1. The van der Waals surface area contributed by atoms with Crippen LogP contribution in [0.1, 0.15) is 32.3 Å². The minimum absolute atomic E-state index is 0.0588. The summed E-state index contributed by atoms with van der Waals surface area (Å²) in [6.45, 7) is 5.18. The lowest BCUT2D eigenvalue weighted by Gasteiger charge is -2.37. The molecule has 3 rings (SSSR count). The highest BCUT2D eigenvalue weighted by atomic mass is 16.5. The number of nitrogens with one attached hydrogen (secondary N) is 1. The number of ether oxygens (including phenoxy) is 1. The normalized spacial score (nSPS) is 21.6. The smallest absolute Gasteiger partial charge is 0.227 e. The molecule has 1 aliphatic heterocycles. The van der Waals surface area contributed by atoms with Crippen LogP contribution >= 0.6 is 0 Å². The molecule has 23 heavy (non-hydrogen) atoms. The Labute approximate surface area is 136 Å². The summed E-state index contributed by atoms with van der Waals surface area (Å²) in [5.41, 5.74) is 1.92. The van der Waals surface area contributed by atoms with E-state index < -0.39 is 6.10 Å². The molecule has 2 unspecified atom stereocenters. The Morgan fingerprint density at radius 3 is 3.09 bits per heavy atom. The molecule has 124 valence electrons. The number of hydrogen-bond acceptors (Lipinski definition) is 3. The van der Waals surface area contributed by atoms with Gasteiger partial charge in [0.15, 0.2) is 0 Å². The number of fused-ring (bicyclic) bond motifs is 1. The van der Waals surface area contributed by atoms with Gasteiger partial charge in [-0.3, -0.25) is 4.79 Å². The fourth-order valence-corrected chi connectivity index (χ4v) is 3.37. The number of benzene rings is 1. The molecule has 1 aromatic carbocycles. The van der Waals surface area contributed by atoms with Crippen molar-refractivity contribution in [2.45, 2.75) is 45.3 Å². The standard InChI is InChI=1S/C18H24N2O3/c1-3-23-16-8-4-6-14-18(16)13(11-19-14)10-17(22)20-9-5-7-15(21)12(20)2/h4,6,8,11-12,15,19,21H,3,5,7,9-10H2,1-2H3. The number of aliphatic hydroxyl groups excluding tert-OH is 1. The first-order valence-corrected chi connectivity index (χ1v) is 8.31. The Morgan fingerprint density at radius 2 is 2.30 bits per heavy atom. The van der Waals surface area contributed by atoms with Gasteiger partial charge in [0.25, 0.3) is 0 Å². The van der Waals surface area contributed by atoms with Crippen molar-refractivity contribution in [1.82, 2.24) is 9.88 Å². The molecular weight excluding hydrogens is 292 g/mol. The van der Waals surface area contributed by atoms with Gasteiger partial charge < -0.3 is 19.7 Å². The molecule has 0 saturated carbocycles. The molecule has 5 nitrogen and oxygen atoms in total. The van der Waals surface area contributed by atoms with E-state index in [0.717, 1.165) is 41.6 Å². The van der Waals surface area contributed by atoms with E-state index >= 15 is 0 Å². The van der Waals surface area contributed by atoms with Gasteiger partial charge in [0.1, 0.15) is 5.75 Å². The first kappa shape index (κ1) is 15.9. The average molecular weight is 316 g/mol. The lowest BCUT2D eigenvalue weighted by atomic mass is 9.99. The number of nitrogens with zero attached hydrogens (tertiary/aromatic N) is 1. The summed E-state index contributed by atoms with van der Waals surface area (Å²) in [7, 11) is 0. The van der Waals surface area contributed by atoms with Crippen LogP contribution in [0.5, 0.6) is 5.75 Å². The topological polar surface area (TPSA) is 65.6 Å². The van der Waals surface area contributed by atoms with Crippen LogP contribution in [-0.4, -0.2) is 46.2 Å². The number of piperidine rings is 1. The van der Waals surface area contributed by atoms with Gasteiger partial charge in [0.2, 0.25) is 5.91 Å². The molecule has 1 aromatic heterocycles. The molecule has 0 radical (unpaired) electrons. The molecule has 1 saturated heterocycles. The second-order valence-corrected chi connectivity index (χ2v) is 6.14. The summed E-state index contributed by atoms with van der Waals surface area (Å²) in [5, 5.41) is 11.0. The molecule has 0 bridgehead atoms. The van der Waals surface area contributed by atoms with E-state index in [9.17, 15) is 9.90 Å². The van der Waals surface area contributed by atoms with Crippen molar-refractivity contribution < 1.29 is 14.6 Å². The second-order valence-electron chi connectivity index (χ2n) is 6.14. The zero-order chi connectivity index (χ0) is 16.4. The van der Waals surface area contributed by atoms with Gasteiger partial charge in [-0.1, -0.05) is 6.07 Å². The van der Waals surface area contributed by atoms with E-state index in [0.29, 0.717) is 13.0 Å². The number of H-pyrrole nitrogens is 1. The molecule has 1 aliphatic rings. The van der Waals surface area contributed by atoms with E-state index in [1.165, 1.54) is 0 Å². The van der Waals surface area contributed by atoms with Crippen LogP contribution in [0, 0.1) is 0 Å². The van der Waals surface area contributed by atoms with Crippen LogP contribution in [0.4, 0.5) is 0 Å². The number of rotatable bonds is 4. The lowest BCUT2D eigenvalue weighted by Crippen LogP contribution is -2.49. The maximum atomic E-state index is 12.7. The quantitative estimate of drug-likeness (QED) is 0.911. The van der Waals surface area contributed by atoms with Crippen molar-refractivity contribution in [2.24, 2.45) is 0 Å². The highest BCUT2D eigenvalue weighted by Crippen LogP contribution is 2.30. The number of hydrogen-bond donors (Lipinski definition) is 2. The molecule has 2 heterocycles. The van der Waals surface area contributed by atoms with Crippen molar-refractivity contribution in [3.05, 3.63) is 30.0 Å². The molecule has 2 N–H and O–H groups in total. The van der Waals surface area contributed by atoms with E-state index in [2.05, 4.69) is 4.98 Å². The van der Waals surface area contributed by atoms with Crippen LogP contribution in [0.2, 0.25) is 0 Å². The average Bonchev–Trinajstić information content (AvgIpc) is 2.94. The van der Waals surface area contributed by atoms with E-state index in [4.69, 9.17) is 4.74 Å². The Kier molecular flexibility index (Phi) is 4.57. The molecular formula is C18H24N2O3. The number of amides is 1. The minimum Gasteiger partial charge on any atom is -0.493 e. The third-order valence-electron chi connectivity index (χ3n) is 4.66. The summed E-state index contributed by atoms with van der Waals surface area (Å²) in [4.78, 5) is 17.7. The maximum Gasteiger partial charge on any atom is 0.227 e. The van der Waals surface area contributed by atoms with E-state index in [-0.39, 0.29) is 11.9 Å². The van der Waals surface area contributed by atoms with Crippen molar-refractivity contribution in [2.75, 3.05) is 13.2 Å². The summed E-state index contributed by atoms with van der Waals surface area (Å²) >= 11 is 0. The molecule has 1 fully saturated rings. The summed E-state index contributed by atoms with van der Waals surface area (Å²) in [5.74, 6) is 0.865. The van der Waals surface area contributed by atoms with E-state index in [1.54, 1.807) is 4.90 Å². The predicted octanol–water partition coefficient (Wildman–Crippen LogP) is 2.48. The third kappa shape index (κ3) is 3.06. The fraction of sp³-hybridized carbons (Fsp3) is 0.500. The van der Waals surface area contributed by atoms with Gasteiger partial charge in [-0.25, -0.2) is 0 Å². The largest absolute Gasteiger partial charge is 0.493 e. The van der Waals surface area contributed by atoms with Gasteiger partial charge in [-0.05, 0) is 44.4 Å². The summed E-state index contributed by atoms with van der Waals surface area (Å²) in [6.07, 6.45) is 3.41. The number of aromatic amines is 1. The Bertz CT molecular complexity index is 695. The maximum absolute atomic E-state index is 12.7. The highest BCUT2D eigenvalue weighted by Gasteiger charge is 2.30. The third-order valence-corrected chi connectivity index (χ3v) is 4.66. The van der Waals surface area contributed by atoms with Crippen LogP contribution in [0.3, 0.4) is 0 Å². The number of likely N-dealkylation sites (tertiary alicyclic amines) is 1. The van der Waals surface area contributed by atoms with Crippen molar-refractivity contribution in [3.63, 3.8) is 0 Å². The number of carbonyl (C=O) groups is 1. The molecule has 1 amide bonds. The van der Waals surface area contributed by atoms with Crippen LogP contribution < -0.4 is 4.74 Å². The Balaban J connectivity index is 1.85. The zero-order valence-corrected chi connectivity index (χ0v) is 13.7. The van der Waals surface area contributed by atoms with Gasteiger partial charge >= 0.3 is 0 Å². The zero-order valence-electron chi connectivity index (χ0n) is 13.7.